The molecule has 114 valence electrons. The molecule has 0 aromatic heterocycles. The van der Waals surface area contributed by atoms with Crippen molar-refractivity contribution in [1.82, 2.24) is 0 Å². The minimum Gasteiger partial charge on any atom is -0.465 e. The molecule has 22 heavy (non-hydrogen) atoms. The number of hydrogen-bond acceptors (Lipinski definition) is 3. The second kappa shape index (κ2) is 6.70. The smallest absolute Gasteiger partial charge is 0.337 e. The Hall–Kier alpha value is -2.21. The highest BCUT2D eigenvalue weighted by molar-refractivity contribution is 9.10. The number of benzene rings is 2. The SMILES string of the molecule is COC(=O)c1ccc(NC(=O)c2cc(Br)ccc2F)c(C)c1. The molecular formula is C16H13BrFNO3. The fourth-order valence-corrected chi connectivity index (χ4v) is 2.27. The van der Waals surface area contributed by atoms with Crippen LogP contribution in [-0.2, 0) is 4.74 Å². The number of rotatable bonds is 3. The average Bonchev–Trinajstić information content (AvgIpc) is 2.50. The van der Waals surface area contributed by atoms with Crippen LogP contribution in [0.4, 0.5) is 10.1 Å². The summed E-state index contributed by atoms with van der Waals surface area (Å²) in [6.45, 7) is 1.74. The van der Waals surface area contributed by atoms with Crippen molar-refractivity contribution in [2.45, 2.75) is 6.92 Å². The van der Waals surface area contributed by atoms with Crippen molar-refractivity contribution in [3.05, 3.63) is 63.4 Å². The first-order chi connectivity index (χ1) is 10.4. The van der Waals surface area contributed by atoms with Gasteiger partial charge >= 0.3 is 5.97 Å². The fraction of sp³-hybridized carbons (Fsp3) is 0.125. The Morgan fingerprint density at radius 1 is 1.18 bits per heavy atom. The summed E-state index contributed by atoms with van der Waals surface area (Å²) in [5, 5.41) is 2.63. The first-order valence-electron chi connectivity index (χ1n) is 6.37. The highest BCUT2D eigenvalue weighted by Crippen LogP contribution is 2.20. The third-order valence-electron chi connectivity index (χ3n) is 3.07. The van der Waals surface area contributed by atoms with Gasteiger partial charge in [0.2, 0.25) is 0 Å². The van der Waals surface area contributed by atoms with Gasteiger partial charge in [0.1, 0.15) is 5.82 Å². The Morgan fingerprint density at radius 3 is 2.55 bits per heavy atom. The van der Waals surface area contributed by atoms with Crippen molar-refractivity contribution in [1.29, 1.82) is 0 Å². The first-order valence-corrected chi connectivity index (χ1v) is 7.17. The quantitative estimate of drug-likeness (QED) is 0.838. The van der Waals surface area contributed by atoms with Crippen LogP contribution in [0.2, 0.25) is 0 Å². The molecule has 0 unspecified atom stereocenters. The molecule has 0 aliphatic rings. The van der Waals surface area contributed by atoms with Gasteiger partial charge in [-0.25, -0.2) is 9.18 Å². The number of hydrogen-bond donors (Lipinski definition) is 1. The number of aryl methyl sites for hydroxylation is 1. The molecule has 2 aromatic carbocycles. The van der Waals surface area contributed by atoms with Crippen LogP contribution in [0, 0.1) is 12.7 Å². The lowest BCUT2D eigenvalue weighted by atomic mass is 10.1. The van der Waals surface area contributed by atoms with Gasteiger partial charge in [-0.15, -0.1) is 0 Å². The molecule has 2 rings (SSSR count). The summed E-state index contributed by atoms with van der Waals surface area (Å²) >= 11 is 3.20. The number of carbonyl (C=O) groups excluding carboxylic acids is 2. The summed E-state index contributed by atoms with van der Waals surface area (Å²) in [6, 6.07) is 8.84. The summed E-state index contributed by atoms with van der Waals surface area (Å²) < 4.78 is 18.9. The predicted octanol–water partition coefficient (Wildman–Crippen LogP) is 3.94. The van der Waals surface area contributed by atoms with Gasteiger partial charge < -0.3 is 10.1 Å². The molecule has 0 fully saturated rings. The van der Waals surface area contributed by atoms with Gasteiger partial charge in [0.15, 0.2) is 0 Å². The van der Waals surface area contributed by atoms with Crippen molar-refractivity contribution in [3.8, 4) is 0 Å². The monoisotopic (exact) mass is 365 g/mol. The van der Waals surface area contributed by atoms with Gasteiger partial charge in [0.25, 0.3) is 5.91 Å². The maximum Gasteiger partial charge on any atom is 0.337 e. The second-order valence-corrected chi connectivity index (χ2v) is 5.52. The van der Waals surface area contributed by atoms with E-state index in [4.69, 9.17) is 0 Å². The van der Waals surface area contributed by atoms with Crippen LogP contribution in [-0.4, -0.2) is 19.0 Å². The lowest BCUT2D eigenvalue weighted by molar-refractivity contribution is 0.0600. The minimum atomic E-state index is -0.607. The van der Waals surface area contributed by atoms with E-state index in [1.807, 2.05) is 0 Å². The molecule has 1 N–H and O–H groups in total. The molecule has 2 aromatic rings. The lowest BCUT2D eigenvalue weighted by Gasteiger charge is -2.10. The normalized spacial score (nSPS) is 10.2. The number of methoxy groups -OCH3 is 1. The zero-order chi connectivity index (χ0) is 16.3. The van der Waals surface area contributed by atoms with E-state index >= 15 is 0 Å². The predicted molar refractivity (Wildman–Crippen MR) is 84.6 cm³/mol. The molecule has 0 bridgehead atoms. The Labute approximate surface area is 135 Å². The van der Waals surface area contributed by atoms with Crippen LogP contribution in [0.25, 0.3) is 0 Å². The van der Waals surface area contributed by atoms with Gasteiger partial charge in [-0.05, 0) is 48.9 Å². The maximum atomic E-state index is 13.7. The minimum absolute atomic E-state index is 0.0641. The van der Waals surface area contributed by atoms with Crippen LogP contribution in [0.5, 0.6) is 0 Å². The molecule has 4 nitrogen and oxygen atoms in total. The Kier molecular flexibility index (Phi) is 4.92. The van der Waals surface area contributed by atoms with Crippen LogP contribution >= 0.6 is 15.9 Å². The second-order valence-electron chi connectivity index (χ2n) is 4.60. The zero-order valence-electron chi connectivity index (χ0n) is 11.9. The van der Waals surface area contributed by atoms with Crippen molar-refractivity contribution in [3.63, 3.8) is 0 Å². The lowest BCUT2D eigenvalue weighted by Crippen LogP contribution is -2.15. The molecule has 0 aliphatic carbocycles. The molecule has 6 heteroatoms. The third kappa shape index (κ3) is 3.51. The zero-order valence-corrected chi connectivity index (χ0v) is 13.5. The molecule has 0 spiro atoms. The van der Waals surface area contributed by atoms with E-state index in [0.717, 1.165) is 0 Å². The number of ether oxygens (including phenoxy) is 1. The van der Waals surface area contributed by atoms with Crippen LogP contribution < -0.4 is 5.32 Å². The first kappa shape index (κ1) is 16.2. The van der Waals surface area contributed by atoms with Crippen LogP contribution in [0.15, 0.2) is 40.9 Å². The molecule has 0 saturated heterocycles. The molecule has 1 amide bonds. The fourth-order valence-electron chi connectivity index (χ4n) is 1.91. The van der Waals surface area contributed by atoms with Crippen molar-refractivity contribution in [2.75, 3.05) is 12.4 Å². The Bertz CT molecular complexity index is 746. The number of halogens is 2. The average molecular weight is 366 g/mol. The highest BCUT2D eigenvalue weighted by Gasteiger charge is 2.14. The third-order valence-corrected chi connectivity index (χ3v) is 3.56. The van der Waals surface area contributed by atoms with E-state index in [1.54, 1.807) is 19.1 Å². The van der Waals surface area contributed by atoms with E-state index in [2.05, 4.69) is 26.0 Å². The maximum absolute atomic E-state index is 13.7. The van der Waals surface area contributed by atoms with E-state index in [9.17, 15) is 14.0 Å². The summed E-state index contributed by atoms with van der Waals surface area (Å²) in [4.78, 5) is 23.6. The molecular weight excluding hydrogens is 353 g/mol. The van der Waals surface area contributed by atoms with Gasteiger partial charge in [0.05, 0.1) is 18.2 Å². The van der Waals surface area contributed by atoms with Crippen LogP contribution in [0.1, 0.15) is 26.3 Å². The molecule has 0 aliphatic heterocycles. The summed E-state index contributed by atoms with van der Waals surface area (Å²) in [5.74, 6) is -1.63. The van der Waals surface area contributed by atoms with Crippen LogP contribution in [0.3, 0.4) is 0 Å². The highest BCUT2D eigenvalue weighted by atomic mass is 79.9. The van der Waals surface area contributed by atoms with Crippen molar-refractivity contribution >= 4 is 33.5 Å². The van der Waals surface area contributed by atoms with E-state index in [-0.39, 0.29) is 5.56 Å². The van der Waals surface area contributed by atoms with E-state index < -0.39 is 17.7 Å². The Balaban J connectivity index is 2.25. The summed E-state index contributed by atoms with van der Waals surface area (Å²) in [6.07, 6.45) is 0. The van der Waals surface area contributed by atoms with Gasteiger partial charge in [-0.3, -0.25) is 4.79 Å². The van der Waals surface area contributed by atoms with Crippen molar-refractivity contribution < 1.29 is 18.7 Å². The summed E-state index contributed by atoms with van der Waals surface area (Å²) in [5.41, 5.74) is 1.49. The Morgan fingerprint density at radius 2 is 1.91 bits per heavy atom. The standard InChI is InChI=1S/C16H13BrFNO3/c1-9-7-10(16(21)22-2)3-6-14(9)19-15(20)12-8-11(17)4-5-13(12)18/h3-8H,1-2H3,(H,19,20). The van der Waals surface area contributed by atoms with Gasteiger partial charge in [-0.2, -0.15) is 0 Å². The topological polar surface area (TPSA) is 55.4 Å². The van der Waals surface area contributed by atoms with Crippen molar-refractivity contribution in [2.24, 2.45) is 0 Å². The van der Waals surface area contributed by atoms with Gasteiger partial charge in [0, 0.05) is 10.2 Å². The largest absolute Gasteiger partial charge is 0.465 e. The summed E-state index contributed by atoms with van der Waals surface area (Å²) in [7, 11) is 1.30. The molecule has 0 atom stereocenters. The number of nitrogens with one attached hydrogen (secondary N) is 1. The van der Waals surface area contributed by atoms with Gasteiger partial charge in [-0.1, -0.05) is 15.9 Å². The molecule has 0 heterocycles. The van der Waals surface area contributed by atoms with E-state index in [0.29, 0.717) is 21.3 Å². The number of esters is 1. The number of carbonyl (C=O) groups is 2. The molecule has 0 radical (unpaired) electrons. The number of amides is 1. The van der Waals surface area contributed by atoms with E-state index in [1.165, 1.54) is 31.4 Å². The number of anilines is 1. The molecule has 0 saturated carbocycles.